The maximum absolute atomic E-state index is 13.3. The first-order valence-corrected chi connectivity index (χ1v) is 11.2. The molecule has 1 aliphatic carbocycles. The third kappa shape index (κ3) is 6.33. The highest BCUT2D eigenvalue weighted by Crippen LogP contribution is 2.20. The van der Waals surface area contributed by atoms with E-state index in [0.717, 1.165) is 48.1 Å². The molecular formula is C26H34N2O3. The van der Waals surface area contributed by atoms with Crippen molar-refractivity contribution in [1.82, 2.24) is 10.2 Å². The maximum atomic E-state index is 13.3. The predicted octanol–water partition coefficient (Wildman–Crippen LogP) is 4.41. The average Bonchev–Trinajstić information content (AvgIpc) is 2.79. The highest BCUT2D eigenvalue weighted by molar-refractivity contribution is 5.88. The van der Waals surface area contributed by atoms with Gasteiger partial charge in [-0.3, -0.25) is 9.59 Å². The zero-order valence-corrected chi connectivity index (χ0v) is 18.9. The Morgan fingerprint density at radius 3 is 2.39 bits per heavy atom. The number of aryl methyl sites for hydroxylation is 1. The largest absolute Gasteiger partial charge is 0.497 e. The molecule has 5 heteroatoms. The van der Waals surface area contributed by atoms with E-state index >= 15 is 0 Å². The van der Waals surface area contributed by atoms with Crippen molar-refractivity contribution in [3.05, 3.63) is 65.2 Å². The second kappa shape index (κ2) is 11.0. The molecule has 1 unspecified atom stereocenters. The predicted molar refractivity (Wildman–Crippen MR) is 123 cm³/mol. The number of methoxy groups -OCH3 is 1. The van der Waals surface area contributed by atoms with Crippen molar-refractivity contribution in [2.75, 3.05) is 7.11 Å². The summed E-state index contributed by atoms with van der Waals surface area (Å²) < 4.78 is 5.21. The number of amides is 2. The molecule has 166 valence electrons. The molecule has 1 saturated carbocycles. The van der Waals surface area contributed by atoms with Gasteiger partial charge in [0.1, 0.15) is 11.8 Å². The second-order valence-corrected chi connectivity index (χ2v) is 8.49. The molecule has 2 amide bonds. The highest BCUT2D eigenvalue weighted by Gasteiger charge is 2.28. The average molecular weight is 423 g/mol. The van der Waals surface area contributed by atoms with E-state index in [-0.39, 0.29) is 24.3 Å². The van der Waals surface area contributed by atoms with Crippen LogP contribution in [0.3, 0.4) is 0 Å². The Balaban J connectivity index is 1.76. The van der Waals surface area contributed by atoms with Crippen LogP contribution in [-0.4, -0.2) is 35.9 Å². The maximum Gasteiger partial charge on any atom is 0.242 e. The first-order chi connectivity index (χ1) is 15.0. The number of nitrogens with one attached hydrogen (secondary N) is 1. The summed E-state index contributed by atoms with van der Waals surface area (Å²) in [5.74, 6) is 0.636. The summed E-state index contributed by atoms with van der Waals surface area (Å²) in [6, 6.07) is 15.2. The van der Waals surface area contributed by atoms with E-state index in [1.54, 1.807) is 12.0 Å². The van der Waals surface area contributed by atoms with E-state index in [0.29, 0.717) is 6.54 Å². The molecule has 2 aromatic carbocycles. The molecular weight excluding hydrogens is 388 g/mol. The number of rotatable bonds is 8. The SMILES string of the molecule is COc1ccc(CC(=O)N(Cc2ccccc2C)C(C)C(=O)NC2CCCCC2)cc1. The molecule has 0 aliphatic heterocycles. The Hall–Kier alpha value is -2.82. The lowest BCUT2D eigenvalue weighted by Crippen LogP contribution is -2.50. The van der Waals surface area contributed by atoms with Crippen molar-refractivity contribution in [2.45, 2.75) is 71.0 Å². The number of hydrogen-bond donors (Lipinski definition) is 1. The van der Waals surface area contributed by atoms with Gasteiger partial charge in [-0.05, 0) is 55.5 Å². The first-order valence-electron chi connectivity index (χ1n) is 11.2. The van der Waals surface area contributed by atoms with Crippen molar-refractivity contribution in [1.29, 1.82) is 0 Å². The van der Waals surface area contributed by atoms with Crippen molar-refractivity contribution < 1.29 is 14.3 Å². The lowest BCUT2D eigenvalue weighted by Gasteiger charge is -2.31. The van der Waals surface area contributed by atoms with Crippen LogP contribution in [0.15, 0.2) is 48.5 Å². The van der Waals surface area contributed by atoms with Crippen molar-refractivity contribution in [2.24, 2.45) is 0 Å². The van der Waals surface area contributed by atoms with E-state index in [2.05, 4.69) is 5.32 Å². The topological polar surface area (TPSA) is 58.6 Å². The van der Waals surface area contributed by atoms with Gasteiger partial charge in [0.15, 0.2) is 0 Å². The number of ether oxygens (including phenoxy) is 1. The molecule has 0 spiro atoms. The molecule has 1 fully saturated rings. The van der Waals surface area contributed by atoms with Crippen molar-refractivity contribution in [3.63, 3.8) is 0 Å². The van der Waals surface area contributed by atoms with Crippen LogP contribution in [0.5, 0.6) is 5.75 Å². The molecule has 0 radical (unpaired) electrons. The van der Waals surface area contributed by atoms with Gasteiger partial charge >= 0.3 is 0 Å². The van der Waals surface area contributed by atoms with Crippen LogP contribution in [0.1, 0.15) is 55.7 Å². The molecule has 0 heterocycles. The zero-order chi connectivity index (χ0) is 22.2. The highest BCUT2D eigenvalue weighted by atomic mass is 16.5. The number of carbonyl (C=O) groups is 2. The standard InChI is InChI=1S/C26H34N2O3/c1-19-9-7-8-10-22(19)18-28(20(2)26(30)27-23-11-5-4-6-12-23)25(29)17-21-13-15-24(31-3)16-14-21/h7-10,13-16,20,23H,4-6,11-12,17-18H2,1-3H3,(H,27,30). The minimum Gasteiger partial charge on any atom is -0.497 e. The van der Waals surface area contributed by atoms with Crippen LogP contribution in [0, 0.1) is 6.92 Å². The van der Waals surface area contributed by atoms with Crippen LogP contribution in [0.2, 0.25) is 0 Å². The van der Waals surface area contributed by atoms with E-state index in [1.807, 2.05) is 62.4 Å². The Labute approximate surface area is 185 Å². The van der Waals surface area contributed by atoms with Crippen LogP contribution in [-0.2, 0) is 22.6 Å². The lowest BCUT2D eigenvalue weighted by molar-refractivity contribution is -0.140. The summed E-state index contributed by atoms with van der Waals surface area (Å²) in [5.41, 5.74) is 3.08. The summed E-state index contributed by atoms with van der Waals surface area (Å²) in [6.45, 7) is 4.29. The Bertz CT molecular complexity index is 872. The number of nitrogens with zero attached hydrogens (tertiary/aromatic N) is 1. The van der Waals surface area contributed by atoms with E-state index < -0.39 is 6.04 Å². The fraction of sp³-hybridized carbons (Fsp3) is 0.462. The van der Waals surface area contributed by atoms with E-state index in [1.165, 1.54) is 6.42 Å². The van der Waals surface area contributed by atoms with Gasteiger partial charge in [0.05, 0.1) is 13.5 Å². The molecule has 31 heavy (non-hydrogen) atoms. The van der Waals surface area contributed by atoms with E-state index in [9.17, 15) is 9.59 Å². The molecule has 0 bridgehead atoms. The molecule has 2 aromatic rings. The first kappa shape index (κ1) is 22.9. The van der Waals surface area contributed by atoms with Gasteiger partial charge in [-0.2, -0.15) is 0 Å². The number of carbonyl (C=O) groups excluding carboxylic acids is 2. The van der Waals surface area contributed by atoms with Gasteiger partial charge in [-0.25, -0.2) is 0 Å². The summed E-state index contributed by atoms with van der Waals surface area (Å²) in [4.78, 5) is 28.1. The summed E-state index contributed by atoms with van der Waals surface area (Å²) in [7, 11) is 1.62. The third-order valence-electron chi connectivity index (χ3n) is 6.24. The summed E-state index contributed by atoms with van der Waals surface area (Å²) in [6.07, 6.45) is 5.84. The van der Waals surface area contributed by atoms with Gasteiger partial charge in [0.25, 0.3) is 0 Å². The molecule has 0 saturated heterocycles. The van der Waals surface area contributed by atoms with Crippen LogP contribution >= 0.6 is 0 Å². The Morgan fingerprint density at radius 1 is 1.06 bits per heavy atom. The fourth-order valence-corrected chi connectivity index (χ4v) is 4.14. The molecule has 1 N–H and O–H groups in total. The third-order valence-corrected chi connectivity index (χ3v) is 6.24. The minimum absolute atomic E-state index is 0.0558. The van der Waals surface area contributed by atoms with Crippen molar-refractivity contribution >= 4 is 11.8 Å². The number of hydrogen-bond acceptors (Lipinski definition) is 3. The molecule has 3 rings (SSSR count). The van der Waals surface area contributed by atoms with Crippen LogP contribution in [0.25, 0.3) is 0 Å². The molecule has 0 aromatic heterocycles. The van der Waals surface area contributed by atoms with Crippen LogP contribution < -0.4 is 10.1 Å². The summed E-state index contributed by atoms with van der Waals surface area (Å²) >= 11 is 0. The second-order valence-electron chi connectivity index (χ2n) is 8.49. The van der Waals surface area contributed by atoms with Gasteiger partial charge < -0.3 is 15.0 Å². The monoisotopic (exact) mass is 422 g/mol. The number of benzene rings is 2. The van der Waals surface area contributed by atoms with Gasteiger partial charge in [0.2, 0.25) is 11.8 Å². The minimum atomic E-state index is -0.535. The normalized spacial score (nSPS) is 15.2. The van der Waals surface area contributed by atoms with Gasteiger partial charge in [-0.1, -0.05) is 55.7 Å². The van der Waals surface area contributed by atoms with Crippen molar-refractivity contribution in [3.8, 4) is 5.75 Å². The molecule has 1 aliphatic rings. The fourth-order valence-electron chi connectivity index (χ4n) is 4.14. The lowest BCUT2D eigenvalue weighted by atomic mass is 9.95. The Kier molecular flexibility index (Phi) is 8.10. The quantitative estimate of drug-likeness (QED) is 0.685. The van der Waals surface area contributed by atoms with Gasteiger partial charge in [-0.15, -0.1) is 0 Å². The van der Waals surface area contributed by atoms with Crippen LogP contribution in [0.4, 0.5) is 0 Å². The van der Waals surface area contributed by atoms with E-state index in [4.69, 9.17) is 4.74 Å². The smallest absolute Gasteiger partial charge is 0.242 e. The zero-order valence-electron chi connectivity index (χ0n) is 18.9. The van der Waals surface area contributed by atoms with Gasteiger partial charge in [0, 0.05) is 12.6 Å². The molecule has 1 atom stereocenters. The molecule has 5 nitrogen and oxygen atoms in total. The Morgan fingerprint density at radius 2 is 1.74 bits per heavy atom. The summed E-state index contributed by atoms with van der Waals surface area (Å²) in [5, 5.41) is 3.18.